The summed E-state index contributed by atoms with van der Waals surface area (Å²) in [5.74, 6) is 0.715. The third-order valence-corrected chi connectivity index (χ3v) is 3.39. The standard InChI is InChI=1S/C14H27F3N4/c1-3-5-6-8-19-13(18-4-2)20-12-7-9-21(10-12)11-14(15,16)17/h12H,3-11H2,1-2H3,(H2,18,19,20). The first-order chi connectivity index (χ1) is 9.94. The molecule has 1 aliphatic rings. The highest BCUT2D eigenvalue weighted by Gasteiger charge is 2.34. The first kappa shape index (κ1) is 18.1. The van der Waals surface area contributed by atoms with Crippen molar-refractivity contribution >= 4 is 5.96 Å². The summed E-state index contributed by atoms with van der Waals surface area (Å²) in [5.41, 5.74) is 0. The van der Waals surface area contributed by atoms with Crippen LogP contribution in [0.3, 0.4) is 0 Å². The van der Waals surface area contributed by atoms with Crippen molar-refractivity contribution < 1.29 is 13.2 Å². The molecule has 1 fully saturated rings. The number of hydrogen-bond donors (Lipinski definition) is 2. The second-order valence-electron chi connectivity index (χ2n) is 5.45. The molecular weight excluding hydrogens is 281 g/mol. The Labute approximate surface area is 125 Å². The van der Waals surface area contributed by atoms with Crippen molar-refractivity contribution in [1.82, 2.24) is 15.5 Å². The van der Waals surface area contributed by atoms with Gasteiger partial charge in [-0.05, 0) is 19.8 Å². The second kappa shape index (κ2) is 9.12. The number of hydrogen-bond acceptors (Lipinski definition) is 2. The van der Waals surface area contributed by atoms with Crippen molar-refractivity contribution in [3.63, 3.8) is 0 Å². The predicted octanol–water partition coefficient (Wildman–Crippen LogP) is 2.37. The molecule has 1 rings (SSSR count). The third-order valence-electron chi connectivity index (χ3n) is 3.39. The topological polar surface area (TPSA) is 39.7 Å². The van der Waals surface area contributed by atoms with E-state index in [0.717, 1.165) is 38.8 Å². The molecule has 4 nitrogen and oxygen atoms in total. The molecule has 0 aromatic rings. The molecular formula is C14H27F3N4. The van der Waals surface area contributed by atoms with E-state index in [0.29, 0.717) is 19.0 Å². The van der Waals surface area contributed by atoms with Crippen molar-refractivity contribution in [2.45, 2.75) is 51.7 Å². The van der Waals surface area contributed by atoms with Gasteiger partial charge in [-0.15, -0.1) is 0 Å². The van der Waals surface area contributed by atoms with Crippen molar-refractivity contribution in [2.75, 3.05) is 32.7 Å². The van der Waals surface area contributed by atoms with Crippen LogP contribution in [0.2, 0.25) is 0 Å². The van der Waals surface area contributed by atoms with Gasteiger partial charge in [0, 0.05) is 32.2 Å². The molecule has 0 saturated carbocycles. The van der Waals surface area contributed by atoms with Crippen LogP contribution in [0.15, 0.2) is 4.99 Å². The number of rotatable bonds is 7. The maximum absolute atomic E-state index is 12.4. The van der Waals surface area contributed by atoms with Crippen molar-refractivity contribution in [2.24, 2.45) is 4.99 Å². The minimum Gasteiger partial charge on any atom is -0.357 e. The zero-order valence-corrected chi connectivity index (χ0v) is 13.0. The number of halogens is 3. The lowest BCUT2D eigenvalue weighted by atomic mass is 10.2. The Morgan fingerprint density at radius 2 is 2.05 bits per heavy atom. The lowest BCUT2D eigenvalue weighted by Crippen LogP contribution is -2.45. The Bertz CT molecular complexity index is 318. The van der Waals surface area contributed by atoms with Crippen molar-refractivity contribution in [1.29, 1.82) is 0 Å². The van der Waals surface area contributed by atoms with E-state index >= 15 is 0 Å². The van der Waals surface area contributed by atoms with E-state index in [-0.39, 0.29) is 6.04 Å². The summed E-state index contributed by atoms with van der Waals surface area (Å²) in [4.78, 5) is 5.91. The Morgan fingerprint density at radius 3 is 2.67 bits per heavy atom. The number of nitrogens with zero attached hydrogens (tertiary/aromatic N) is 2. The van der Waals surface area contributed by atoms with Crippen LogP contribution < -0.4 is 10.6 Å². The fourth-order valence-electron chi connectivity index (χ4n) is 2.41. The van der Waals surface area contributed by atoms with Gasteiger partial charge in [-0.2, -0.15) is 13.2 Å². The van der Waals surface area contributed by atoms with E-state index in [1.54, 1.807) is 0 Å². The molecule has 0 aliphatic carbocycles. The maximum Gasteiger partial charge on any atom is 0.401 e. The van der Waals surface area contributed by atoms with Gasteiger partial charge in [-0.3, -0.25) is 9.89 Å². The quantitative estimate of drug-likeness (QED) is 0.431. The van der Waals surface area contributed by atoms with Gasteiger partial charge in [-0.25, -0.2) is 0 Å². The summed E-state index contributed by atoms with van der Waals surface area (Å²) >= 11 is 0. The number of aliphatic imine (C=N–C) groups is 1. The molecule has 1 heterocycles. The number of unbranched alkanes of at least 4 members (excludes halogenated alkanes) is 2. The number of alkyl halides is 3. The predicted molar refractivity (Wildman–Crippen MR) is 79.5 cm³/mol. The smallest absolute Gasteiger partial charge is 0.357 e. The number of guanidine groups is 1. The summed E-state index contributed by atoms with van der Waals surface area (Å²) < 4.78 is 37.1. The van der Waals surface area contributed by atoms with Crippen LogP contribution in [0.25, 0.3) is 0 Å². The van der Waals surface area contributed by atoms with Crippen LogP contribution in [-0.2, 0) is 0 Å². The highest BCUT2D eigenvalue weighted by Crippen LogP contribution is 2.19. The van der Waals surface area contributed by atoms with Gasteiger partial charge in [0.25, 0.3) is 0 Å². The summed E-state index contributed by atoms with van der Waals surface area (Å²) in [6.45, 7) is 5.69. The summed E-state index contributed by atoms with van der Waals surface area (Å²) in [5, 5.41) is 6.39. The average Bonchev–Trinajstić information content (AvgIpc) is 2.79. The van der Waals surface area contributed by atoms with Gasteiger partial charge >= 0.3 is 6.18 Å². The minimum absolute atomic E-state index is 0.0383. The van der Waals surface area contributed by atoms with Crippen LogP contribution >= 0.6 is 0 Å². The SMILES string of the molecule is CCCCCN=C(NCC)NC1CCN(CC(F)(F)F)C1. The van der Waals surface area contributed by atoms with E-state index < -0.39 is 12.7 Å². The van der Waals surface area contributed by atoms with Crippen LogP contribution in [-0.4, -0.2) is 55.8 Å². The highest BCUT2D eigenvalue weighted by molar-refractivity contribution is 5.80. The van der Waals surface area contributed by atoms with Gasteiger partial charge in [0.05, 0.1) is 6.54 Å². The zero-order valence-electron chi connectivity index (χ0n) is 13.0. The van der Waals surface area contributed by atoms with Gasteiger partial charge in [0.2, 0.25) is 0 Å². The zero-order chi connectivity index (χ0) is 15.7. The van der Waals surface area contributed by atoms with Crippen LogP contribution in [0.5, 0.6) is 0 Å². The molecule has 0 aromatic heterocycles. The summed E-state index contributed by atoms with van der Waals surface area (Å²) in [7, 11) is 0. The fourth-order valence-corrected chi connectivity index (χ4v) is 2.41. The van der Waals surface area contributed by atoms with E-state index in [1.807, 2.05) is 6.92 Å². The molecule has 1 unspecified atom stereocenters. The van der Waals surface area contributed by atoms with Gasteiger partial charge in [0.15, 0.2) is 5.96 Å². The van der Waals surface area contributed by atoms with Crippen LogP contribution in [0, 0.1) is 0 Å². The Hall–Kier alpha value is -0.980. The Kier molecular flexibility index (Phi) is 7.85. The molecule has 124 valence electrons. The molecule has 0 radical (unpaired) electrons. The summed E-state index contributed by atoms with van der Waals surface area (Å²) in [6.07, 6.45) is -0.0682. The van der Waals surface area contributed by atoms with Crippen LogP contribution in [0.4, 0.5) is 13.2 Å². The normalized spacial score (nSPS) is 20.8. The third kappa shape index (κ3) is 8.14. The van der Waals surface area contributed by atoms with Crippen molar-refractivity contribution in [3.05, 3.63) is 0 Å². The first-order valence-corrected chi connectivity index (χ1v) is 7.78. The number of likely N-dealkylation sites (tertiary alicyclic amines) is 1. The van der Waals surface area contributed by atoms with Gasteiger partial charge in [0.1, 0.15) is 0 Å². The molecule has 7 heteroatoms. The molecule has 0 amide bonds. The molecule has 1 saturated heterocycles. The van der Waals surface area contributed by atoms with E-state index in [1.165, 1.54) is 4.90 Å². The second-order valence-corrected chi connectivity index (χ2v) is 5.45. The van der Waals surface area contributed by atoms with E-state index in [2.05, 4.69) is 22.5 Å². The highest BCUT2D eigenvalue weighted by atomic mass is 19.4. The molecule has 1 aliphatic heterocycles. The first-order valence-electron chi connectivity index (χ1n) is 7.78. The van der Waals surface area contributed by atoms with Gasteiger partial charge < -0.3 is 10.6 Å². The molecule has 0 spiro atoms. The monoisotopic (exact) mass is 308 g/mol. The molecule has 0 bridgehead atoms. The maximum atomic E-state index is 12.4. The largest absolute Gasteiger partial charge is 0.401 e. The van der Waals surface area contributed by atoms with E-state index in [4.69, 9.17) is 0 Å². The molecule has 1 atom stereocenters. The lowest BCUT2D eigenvalue weighted by Gasteiger charge is -2.19. The number of nitrogens with one attached hydrogen (secondary N) is 2. The van der Waals surface area contributed by atoms with Crippen LogP contribution in [0.1, 0.15) is 39.5 Å². The van der Waals surface area contributed by atoms with Gasteiger partial charge in [-0.1, -0.05) is 19.8 Å². The molecule has 0 aromatic carbocycles. The molecule has 2 N–H and O–H groups in total. The Morgan fingerprint density at radius 1 is 1.29 bits per heavy atom. The average molecular weight is 308 g/mol. The molecule has 21 heavy (non-hydrogen) atoms. The van der Waals surface area contributed by atoms with Crippen molar-refractivity contribution in [3.8, 4) is 0 Å². The minimum atomic E-state index is -4.12. The Balaban J connectivity index is 2.38. The lowest BCUT2D eigenvalue weighted by molar-refractivity contribution is -0.143. The van der Waals surface area contributed by atoms with E-state index in [9.17, 15) is 13.2 Å². The fraction of sp³-hybridized carbons (Fsp3) is 0.929. The summed E-state index contributed by atoms with van der Waals surface area (Å²) in [6, 6.07) is 0.0383.